The number of ether oxygens (including phenoxy) is 1. The summed E-state index contributed by atoms with van der Waals surface area (Å²) in [6.07, 6.45) is 0.0364. The molecule has 0 saturated heterocycles. The maximum atomic E-state index is 13.7. The van der Waals surface area contributed by atoms with Crippen molar-refractivity contribution in [2.75, 3.05) is 13.2 Å². The molecule has 0 fully saturated rings. The molecule has 0 saturated carbocycles. The van der Waals surface area contributed by atoms with Crippen molar-refractivity contribution in [2.24, 2.45) is 5.73 Å². The van der Waals surface area contributed by atoms with E-state index in [9.17, 15) is 29.4 Å². The molecule has 36 heavy (non-hydrogen) atoms. The normalized spacial score (nSPS) is 13.8. The minimum Gasteiger partial charge on any atom is -0.508 e. The van der Waals surface area contributed by atoms with Gasteiger partial charge in [-0.05, 0) is 64.3 Å². The molecule has 3 atom stereocenters. The molecule has 0 aromatic heterocycles. The van der Waals surface area contributed by atoms with Gasteiger partial charge in [-0.25, -0.2) is 4.79 Å². The van der Waals surface area contributed by atoms with E-state index in [0.717, 1.165) is 11.3 Å². The Hall–Kier alpha value is -3.34. The molecule has 0 bridgehead atoms. The van der Waals surface area contributed by atoms with Crippen molar-refractivity contribution in [2.45, 2.75) is 84.5 Å². The van der Waals surface area contributed by atoms with Crippen LogP contribution in [0, 0.1) is 6.92 Å². The Morgan fingerprint density at radius 1 is 1.17 bits per heavy atom. The fraction of sp³-hybridized carbons (Fsp3) is 0.600. The number of hydrogen-bond donors (Lipinski definition) is 5. The molecule has 4 amide bonds. The summed E-state index contributed by atoms with van der Waals surface area (Å²) in [7, 11) is 0. The molecule has 6 N–H and O–H groups in total. The van der Waals surface area contributed by atoms with E-state index in [4.69, 9.17) is 10.5 Å². The van der Waals surface area contributed by atoms with Gasteiger partial charge in [0.15, 0.2) is 0 Å². The van der Waals surface area contributed by atoms with Gasteiger partial charge in [-0.15, -0.1) is 0 Å². The molecule has 11 nitrogen and oxygen atoms in total. The van der Waals surface area contributed by atoms with E-state index in [-0.39, 0.29) is 18.3 Å². The van der Waals surface area contributed by atoms with E-state index in [2.05, 4.69) is 10.6 Å². The molecule has 0 spiro atoms. The van der Waals surface area contributed by atoms with E-state index in [1.165, 1.54) is 12.1 Å². The number of alkyl carbamates (subject to hydrolysis) is 1. The van der Waals surface area contributed by atoms with Crippen LogP contribution in [0.1, 0.15) is 71.0 Å². The zero-order valence-corrected chi connectivity index (χ0v) is 22.0. The number of aliphatic hydroxyl groups is 1. The quantitative estimate of drug-likeness (QED) is 0.285. The van der Waals surface area contributed by atoms with Crippen LogP contribution in [0.2, 0.25) is 0 Å². The van der Waals surface area contributed by atoms with Crippen LogP contribution in [0.5, 0.6) is 5.75 Å². The van der Waals surface area contributed by atoms with Crippen LogP contribution in [0.3, 0.4) is 0 Å². The van der Waals surface area contributed by atoms with Gasteiger partial charge in [-0.3, -0.25) is 14.4 Å². The second kappa shape index (κ2) is 13.7. The molecule has 0 heterocycles. The van der Waals surface area contributed by atoms with Gasteiger partial charge >= 0.3 is 6.09 Å². The third-order valence-electron chi connectivity index (χ3n) is 5.23. The van der Waals surface area contributed by atoms with Crippen LogP contribution in [0.15, 0.2) is 18.2 Å². The monoisotopic (exact) mass is 508 g/mol. The second-order valence-electron chi connectivity index (χ2n) is 9.77. The number of phenols is 1. The van der Waals surface area contributed by atoms with E-state index < -0.39 is 54.5 Å². The van der Waals surface area contributed by atoms with Crippen molar-refractivity contribution in [3.8, 4) is 5.75 Å². The largest absolute Gasteiger partial charge is 0.508 e. The predicted octanol–water partition coefficient (Wildman–Crippen LogP) is 1.64. The Morgan fingerprint density at radius 2 is 1.81 bits per heavy atom. The summed E-state index contributed by atoms with van der Waals surface area (Å²) in [4.78, 5) is 52.3. The lowest BCUT2D eigenvalue weighted by atomic mass is 9.99. The summed E-state index contributed by atoms with van der Waals surface area (Å²) in [5.41, 5.74) is 5.32. The molecule has 3 unspecified atom stereocenters. The highest BCUT2D eigenvalue weighted by Gasteiger charge is 2.37. The van der Waals surface area contributed by atoms with E-state index in [1.807, 2.05) is 13.8 Å². The van der Waals surface area contributed by atoms with Gasteiger partial charge in [0.2, 0.25) is 17.7 Å². The zero-order valence-electron chi connectivity index (χ0n) is 22.0. The van der Waals surface area contributed by atoms with Crippen LogP contribution in [0.25, 0.3) is 0 Å². The number of benzene rings is 1. The second-order valence-corrected chi connectivity index (χ2v) is 9.77. The van der Waals surface area contributed by atoms with Crippen LogP contribution in [-0.2, 0) is 19.1 Å². The lowest BCUT2D eigenvalue weighted by Gasteiger charge is -2.34. The number of nitrogens with two attached hydrogens (primary N) is 1. The predicted molar refractivity (Wildman–Crippen MR) is 134 cm³/mol. The van der Waals surface area contributed by atoms with Crippen LogP contribution in [-0.4, -0.2) is 69.8 Å². The van der Waals surface area contributed by atoms with Gasteiger partial charge in [0.1, 0.15) is 23.4 Å². The molecule has 11 heteroatoms. The molecule has 0 aliphatic heterocycles. The molecule has 1 aromatic rings. The Bertz CT molecular complexity index is 929. The van der Waals surface area contributed by atoms with E-state index in [1.54, 1.807) is 33.8 Å². The lowest BCUT2D eigenvalue weighted by Crippen LogP contribution is -2.55. The SMILES string of the molecule is CCCC(C)NC(=O)C(c1ccc(O)c(C)c1)N(CCO)C(=O)C(CC(N)=O)NC(=O)OC(C)(C)C. The number of aromatic hydroxyl groups is 1. The smallest absolute Gasteiger partial charge is 0.408 e. The number of hydrogen-bond acceptors (Lipinski definition) is 7. The fourth-order valence-electron chi connectivity index (χ4n) is 3.67. The van der Waals surface area contributed by atoms with Crippen LogP contribution < -0.4 is 16.4 Å². The molecular formula is C25H40N4O7. The number of phenolic OH excluding ortho intramolecular Hbond substituents is 1. The van der Waals surface area contributed by atoms with Gasteiger partial charge in [-0.1, -0.05) is 19.4 Å². The number of rotatable bonds is 12. The number of aliphatic hydroxyl groups excluding tert-OH is 1. The number of carbonyl (C=O) groups excluding carboxylic acids is 4. The Balaban J connectivity index is 3.49. The van der Waals surface area contributed by atoms with Crippen molar-refractivity contribution >= 4 is 23.8 Å². The summed E-state index contributed by atoms with van der Waals surface area (Å²) in [6.45, 7) is 9.60. The highest BCUT2D eigenvalue weighted by atomic mass is 16.6. The van der Waals surface area contributed by atoms with Crippen molar-refractivity contribution in [1.29, 1.82) is 0 Å². The van der Waals surface area contributed by atoms with E-state index in [0.29, 0.717) is 17.5 Å². The van der Waals surface area contributed by atoms with Crippen molar-refractivity contribution < 1.29 is 34.1 Å². The van der Waals surface area contributed by atoms with Crippen LogP contribution >= 0.6 is 0 Å². The van der Waals surface area contributed by atoms with Crippen LogP contribution in [0.4, 0.5) is 4.79 Å². The summed E-state index contributed by atoms with van der Waals surface area (Å²) in [5.74, 6) is -2.16. The number of aryl methyl sites for hydroxylation is 1. The average molecular weight is 509 g/mol. The lowest BCUT2D eigenvalue weighted by molar-refractivity contribution is -0.144. The first kappa shape index (κ1) is 30.7. The molecule has 1 rings (SSSR count). The van der Waals surface area contributed by atoms with Crippen molar-refractivity contribution in [3.63, 3.8) is 0 Å². The maximum Gasteiger partial charge on any atom is 0.408 e. The van der Waals surface area contributed by atoms with Crippen molar-refractivity contribution in [1.82, 2.24) is 15.5 Å². The molecule has 0 aliphatic carbocycles. The zero-order chi connectivity index (χ0) is 27.6. The number of amides is 4. The number of primary amides is 1. The molecule has 1 aromatic carbocycles. The Labute approximate surface area is 212 Å². The van der Waals surface area contributed by atoms with Gasteiger partial charge in [0.05, 0.1) is 13.0 Å². The first-order valence-electron chi connectivity index (χ1n) is 12.0. The summed E-state index contributed by atoms with van der Waals surface area (Å²) in [5, 5.41) is 25.0. The first-order chi connectivity index (χ1) is 16.7. The molecule has 202 valence electrons. The topological polar surface area (TPSA) is 171 Å². The minimum atomic E-state index is -1.44. The Kier molecular flexibility index (Phi) is 11.7. The third-order valence-corrected chi connectivity index (χ3v) is 5.23. The number of nitrogens with one attached hydrogen (secondary N) is 2. The van der Waals surface area contributed by atoms with Gasteiger partial charge in [0, 0.05) is 12.6 Å². The molecule has 0 aliphatic rings. The fourth-order valence-corrected chi connectivity index (χ4v) is 3.67. The van der Waals surface area contributed by atoms with E-state index >= 15 is 0 Å². The molecular weight excluding hydrogens is 468 g/mol. The summed E-state index contributed by atoms with van der Waals surface area (Å²) < 4.78 is 5.21. The minimum absolute atomic E-state index is 0.00971. The maximum absolute atomic E-state index is 13.7. The number of carbonyl (C=O) groups is 4. The standard InChI is InChI=1S/C25H40N4O7/c1-7-8-16(3)27-22(33)21(17-9-10-19(31)15(2)13-17)29(11-12-30)23(34)18(14-20(26)32)28-24(35)36-25(4,5)6/h9-10,13,16,18,21,30-31H,7-8,11-12,14H2,1-6H3,(H2,26,32)(H,27,33)(H,28,35). The summed E-state index contributed by atoms with van der Waals surface area (Å²) >= 11 is 0. The Morgan fingerprint density at radius 3 is 2.31 bits per heavy atom. The van der Waals surface area contributed by atoms with Gasteiger partial charge < -0.3 is 36.2 Å². The van der Waals surface area contributed by atoms with Gasteiger partial charge in [0.25, 0.3) is 0 Å². The summed E-state index contributed by atoms with van der Waals surface area (Å²) in [6, 6.07) is 1.60. The molecule has 0 radical (unpaired) electrons. The highest BCUT2D eigenvalue weighted by Crippen LogP contribution is 2.27. The first-order valence-corrected chi connectivity index (χ1v) is 12.0. The van der Waals surface area contributed by atoms with Gasteiger partial charge in [-0.2, -0.15) is 0 Å². The average Bonchev–Trinajstić information content (AvgIpc) is 2.73. The number of nitrogens with zero attached hydrogens (tertiary/aromatic N) is 1. The third kappa shape index (κ3) is 9.73. The van der Waals surface area contributed by atoms with Crippen molar-refractivity contribution in [3.05, 3.63) is 29.3 Å². The highest BCUT2D eigenvalue weighted by molar-refractivity contribution is 5.94.